The molecule has 2 N–H and O–H groups in total. The number of carbonyl (C=O) groups excluding carboxylic acids is 1. The van der Waals surface area contributed by atoms with Gasteiger partial charge in [-0.1, -0.05) is 39.5 Å². The predicted molar refractivity (Wildman–Crippen MR) is 83.4 cm³/mol. The summed E-state index contributed by atoms with van der Waals surface area (Å²) in [6, 6.07) is 0.592. The molecule has 0 heterocycles. The van der Waals surface area contributed by atoms with E-state index in [1.54, 1.807) is 0 Å². The Bertz CT molecular complexity index is 310. The fourth-order valence-corrected chi connectivity index (χ4v) is 3.77. The molecule has 0 bridgehead atoms. The molecule has 2 saturated carbocycles. The average Bonchev–Trinajstić information content (AvgIpc) is 2.93. The molecule has 2 aliphatic carbocycles. The molecule has 0 aliphatic heterocycles. The van der Waals surface area contributed by atoms with Crippen molar-refractivity contribution in [2.24, 2.45) is 17.6 Å². The Hall–Kier alpha value is -0.570. The Morgan fingerprint density at radius 2 is 1.70 bits per heavy atom. The van der Waals surface area contributed by atoms with Gasteiger partial charge in [0, 0.05) is 18.6 Å². The molecular weight excluding hydrogens is 248 g/mol. The largest absolute Gasteiger partial charge is 0.339 e. The summed E-state index contributed by atoms with van der Waals surface area (Å²) < 4.78 is 0. The summed E-state index contributed by atoms with van der Waals surface area (Å²) in [5.74, 6) is 1.12. The van der Waals surface area contributed by atoms with Gasteiger partial charge in [-0.05, 0) is 38.0 Å². The van der Waals surface area contributed by atoms with E-state index in [-0.39, 0.29) is 12.0 Å². The highest BCUT2D eigenvalue weighted by Gasteiger charge is 2.35. The van der Waals surface area contributed by atoms with E-state index in [1.807, 2.05) is 0 Å². The van der Waals surface area contributed by atoms with Gasteiger partial charge in [0.15, 0.2) is 0 Å². The molecule has 2 rings (SSSR count). The standard InChI is InChI=1S/C17H32N2O/c1-13(2)11-12-19(14-7-3-4-8-14)17(20)15-9-5-6-10-16(15)18/h13-16H,3-12,18H2,1-2H3. The summed E-state index contributed by atoms with van der Waals surface area (Å²) in [6.45, 7) is 5.41. The molecule has 2 atom stereocenters. The number of amides is 1. The van der Waals surface area contributed by atoms with Crippen molar-refractivity contribution in [2.75, 3.05) is 6.54 Å². The van der Waals surface area contributed by atoms with Crippen LogP contribution in [0.1, 0.15) is 71.6 Å². The molecule has 20 heavy (non-hydrogen) atoms. The van der Waals surface area contributed by atoms with Crippen molar-refractivity contribution in [1.29, 1.82) is 0 Å². The lowest BCUT2D eigenvalue weighted by Crippen LogP contribution is -2.49. The highest BCUT2D eigenvalue weighted by molar-refractivity contribution is 5.80. The molecule has 2 aliphatic rings. The van der Waals surface area contributed by atoms with Crippen LogP contribution in [-0.2, 0) is 4.79 Å². The van der Waals surface area contributed by atoms with E-state index in [0.717, 1.165) is 25.8 Å². The summed E-state index contributed by atoms with van der Waals surface area (Å²) in [7, 11) is 0. The van der Waals surface area contributed by atoms with Gasteiger partial charge >= 0.3 is 0 Å². The molecule has 0 radical (unpaired) electrons. The quantitative estimate of drug-likeness (QED) is 0.839. The molecule has 0 aromatic heterocycles. The summed E-state index contributed by atoms with van der Waals surface area (Å²) >= 11 is 0. The van der Waals surface area contributed by atoms with Gasteiger partial charge < -0.3 is 10.6 Å². The first-order valence-electron chi connectivity index (χ1n) is 8.65. The van der Waals surface area contributed by atoms with Crippen LogP contribution in [0.25, 0.3) is 0 Å². The van der Waals surface area contributed by atoms with Crippen molar-refractivity contribution in [3.05, 3.63) is 0 Å². The van der Waals surface area contributed by atoms with Gasteiger partial charge in [-0.25, -0.2) is 0 Å². The molecule has 0 saturated heterocycles. The highest BCUT2D eigenvalue weighted by Crippen LogP contribution is 2.30. The zero-order chi connectivity index (χ0) is 14.5. The van der Waals surface area contributed by atoms with Crippen LogP contribution >= 0.6 is 0 Å². The second-order valence-corrected chi connectivity index (χ2v) is 7.21. The summed E-state index contributed by atoms with van der Waals surface area (Å²) in [5, 5.41) is 0. The molecule has 3 heteroatoms. The number of nitrogens with two attached hydrogens (primary N) is 1. The lowest BCUT2D eigenvalue weighted by atomic mass is 9.83. The average molecular weight is 280 g/mol. The fourth-order valence-electron chi connectivity index (χ4n) is 3.77. The van der Waals surface area contributed by atoms with Crippen molar-refractivity contribution in [2.45, 2.75) is 83.7 Å². The summed E-state index contributed by atoms with van der Waals surface area (Å²) in [5.41, 5.74) is 6.22. The van der Waals surface area contributed by atoms with Gasteiger partial charge in [-0.15, -0.1) is 0 Å². The molecular formula is C17H32N2O. The van der Waals surface area contributed by atoms with Gasteiger partial charge in [0.2, 0.25) is 5.91 Å². The van der Waals surface area contributed by atoms with Crippen LogP contribution in [-0.4, -0.2) is 29.4 Å². The second-order valence-electron chi connectivity index (χ2n) is 7.21. The minimum Gasteiger partial charge on any atom is -0.339 e. The van der Waals surface area contributed by atoms with Crippen LogP contribution in [0.15, 0.2) is 0 Å². The van der Waals surface area contributed by atoms with E-state index in [1.165, 1.54) is 38.5 Å². The van der Waals surface area contributed by atoms with Crippen LogP contribution in [0, 0.1) is 11.8 Å². The SMILES string of the molecule is CC(C)CCN(C(=O)C1CCCCC1N)C1CCCC1. The minimum atomic E-state index is 0.0940. The van der Waals surface area contributed by atoms with Crippen LogP contribution in [0.3, 0.4) is 0 Å². The van der Waals surface area contributed by atoms with E-state index in [4.69, 9.17) is 5.73 Å². The first kappa shape index (κ1) is 15.8. The number of nitrogens with zero attached hydrogens (tertiary/aromatic N) is 1. The second kappa shape index (κ2) is 7.44. The smallest absolute Gasteiger partial charge is 0.227 e. The van der Waals surface area contributed by atoms with Gasteiger partial charge in [0.05, 0.1) is 5.92 Å². The lowest BCUT2D eigenvalue weighted by molar-refractivity contribution is -0.139. The maximum absolute atomic E-state index is 13.0. The van der Waals surface area contributed by atoms with Crippen LogP contribution in [0.4, 0.5) is 0 Å². The van der Waals surface area contributed by atoms with Crippen molar-refractivity contribution in [1.82, 2.24) is 4.90 Å². The van der Waals surface area contributed by atoms with E-state index in [2.05, 4.69) is 18.7 Å². The Kier molecular flexibility index (Phi) is 5.88. The lowest BCUT2D eigenvalue weighted by Gasteiger charge is -2.36. The van der Waals surface area contributed by atoms with Crippen LogP contribution in [0.2, 0.25) is 0 Å². The monoisotopic (exact) mass is 280 g/mol. The molecule has 0 aromatic carbocycles. The number of hydrogen-bond donors (Lipinski definition) is 1. The molecule has 1 amide bonds. The first-order chi connectivity index (χ1) is 9.59. The normalized spacial score (nSPS) is 28.0. The zero-order valence-corrected chi connectivity index (χ0v) is 13.3. The maximum Gasteiger partial charge on any atom is 0.227 e. The molecule has 116 valence electrons. The highest BCUT2D eigenvalue weighted by atomic mass is 16.2. The summed E-state index contributed by atoms with van der Waals surface area (Å²) in [6.07, 6.45) is 10.5. The third-order valence-electron chi connectivity index (χ3n) is 5.13. The number of carbonyl (C=O) groups is 1. The fraction of sp³-hybridized carbons (Fsp3) is 0.941. The Balaban J connectivity index is 2.01. The van der Waals surface area contributed by atoms with E-state index >= 15 is 0 Å². The number of rotatable bonds is 5. The maximum atomic E-state index is 13.0. The van der Waals surface area contributed by atoms with Crippen molar-refractivity contribution < 1.29 is 4.79 Å². The van der Waals surface area contributed by atoms with Crippen molar-refractivity contribution in [3.63, 3.8) is 0 Å². The third kappa shape index (κ3) is 3.97. The van der Waals surface area contributed by atoms with Crippen molar-refractivity contribution >= 4 is 5.91 Å². The zero-order valence-electron chi connectivity index (χ0n) is 13.3. The number of hydrogen-bond acceptors (Lipinski definition) is 2. The van der Waals surface area contributed by atoms with Crippen LogP contribution in [0.5, 0.6) is 0 Å². The minimum absolute atomic E-state index is 0.0940. The molecule has 0 aromatic rings. The molecule has 2 fully saturated rings. The molecule has 0 spiro atoms. The van der Waals surface area contributed by atoms with Crippen molar-refractivity contribution in [3.8, 4) is 0 Å². The topological polar surface area (TPSA) is 46.3 Å². The van der Waals surface area contributed by atoms with E-state index in [0.29, 0.717) is 17.9 Å². The van der Waals surface area contributed by atoms with Gasteiger partial charge in [-0.3, -0.25) is 4.79 Å². The Labute approximate surface area is 124 Å². The third-order valence-corrected chi connectivity index (χ3v) is 5.13. The van der Waals surface area contributed by atoms with Gasteiger partial charge in [-0.2, -0.15) is 0 Å². The Morgan fingerprint density at radius 3 is 2.30 bits per heavy atom. The van der Waals surface area contributed by atoms with Crippen LogP contribution < -0.4 is 5.73 Å². The van der Waals surface area contributed by atoms with Gasteiger partial charge in [0.1, 0.15) is 0 Å². The first-order valence-corrected chi connectivity index (χ1v) is 8.65. The summed E-state index contributed by atoms with van der Waals surface area (Å²) in [4.78, 5) is 15.2. The van der Waals surface area contributed by atoms with E-state index in [9.17, 15) is 4.79 Å². The molecule has 2 unspecified atom stereocenters. The van der Waals surface area contributed by atoms with Gasteiger partial charge in [0.25, 0.3) is 0 Å². The predicted octanol–water partition coefficient (Wildman–Crippen LogP) is 3.32. The van der Waals surface area contributed by atoms with E-state index < -0.39 is 0 Å². The molecule has 3 nitrogen and oxygen atoms in total. The Morgan fingerprint density at radius 1 is 1.10 bits per heavy atom.